The van der Waals surface area contributed by atoms with Crippen LogP contribution in [-0.4, -0.2) is 72.2 Å². The quantitative estimate of drug-likeness (QED) is 0.341. The molecule has 0 spiro atoms. The van der Waals surface area contributed by atoms with Crippen LogP contribution in [0.15, 0.2) is 24.3 Å². The predicted octanol–water partition coefficient (Wildman–Crippen LogP) is 6.57. The Morgan fingerprint density at radius 2 is 1.90 bits per heavy atom. The van der Waals surface area contributed by atoms with Gasteiger partial charge in [0.05, 0.1) is 37.0 Å². The highest BCUT2D eigenvalue weighted by molar-refractivity contribution is 7.61. The Morgan fingerprint density at radius 3 is 2.49 bits per heavy atom. The number of halogens is 3. The third kappa shape index (κ3) is 5.82. The number of aromatic nitrogens is 2. The van der Waals surface area contributed by atoms with Gasteiger partial charge in [0.1, 0.15) is 28.7 Å². The maximum absolute atomic E-state index is 16.3. The van der Waals surface area contributed by atoms with Crippen LogP contribution in [0.5, 0.6) is 5.75 Å². The van der Waals surface area contributed by atoms with Crippen LogP contribution < -0.4 is 9.64 Å². The summed E-state index contributed by atoms with van der Waals surface area (Å²) in [6.07, 6.45) is -0.994. The summed E-state index contributed by atoms with van der Waals surface area (Å²) in [6, 6.07) is 5.25. The molecule has 1 aromatic heterocycles. The summed E-state index contributed by atoms with van der Waals surface area (Å²) in [6.45, 7) is 9.84. The highest BCUT2D eigenvalue weighted by Crippen LogP contribution is 2.45. The summed E-state index contributed by atoms with van der Waals surface area (Å²) in [7, 11) is -1.31. The molecule has 4 rings (SSSR count). The summed E-state index contributed by atoms with van der Waals surface area (Å²) in [5, 5.41) is 10.0. The highest BCUT2D eigenvalue weighted by Gasteiger charge is 2.39. The standard InChI is InChI=1S/C27H32ClF2N4O4P/c1-27(2,3)19-13-33(10-11-34(19)26(35)36)25-15-12-16(28)21(22-17(29)8-7-9-18(22)38-4)23(30)24(15)31-20(32-25)14-39(5,6)37/h7-9,12,19H,10-11,13-14H2,1-6H3,(H,35,36). The zero-order valence-corrected chi connectivity index (χ0v) is 24.4. The second-order valence-electron chi connectivity index (χ2n) is 11.3. The molecule has 8 nitrogen and oxygen atoms in total. The molecule has 1 saturated heterocycles. The SMILES string of the molecule is COc1cccc(F)c1-c1c(Cl)cc2c(N3CCN(C(=O)O)C(C(C)(C)C)C3)nc(CP(C)(C)=O)nc2c1F. The molecule has 2 aromatic carbocycles. The Kier molecular flexibility index (Phi) is 7.85. The van der Waals surface area contributed by atoms with E-state index in [9.17, 15) is 18.9 Å². The second-order valence-corrected chi connectivity index (χ2v) is 15.1. The zero-order chi connectivity index (χ0) is 28.9. The number of benzene rings is 2. The van der Waals surface area contributed by atoms with Gasteiger partial charge in [-0.15, -0.1) is 0 Å². The van der Waals surface area contributed by atoms with Gasteiger partial charge in [-0.25, -0.2) is 23.5 Å². The topological polar surface area (TPSA) is 95.9 Å². The van der Waals surface area contributed by atoms with E-state index in [1.807, 2.05) is 25.7 Å². The van der Waals surface area contributed by atoms with Gasteiger partial charge in [0.2, 0.25) is 0 Å². The Labute approximate surface area is 231 Å². The number of anilines is 1. The van der Waals surface area contributed by atoms with Crippen LogP contribution in [0.4, 0.5) is 19.4 Å². The lowest BCUT2D eigenvalue weighted by molar-refractivity contribution is 0.0747. The molecule has 0 bridgehead atoms. The molecular formula is C27H32ClF2N4O4P. The Balaban J connectivity index is 1.97. The Bertz CT molecular complexity index is 1490. The molecule has 12 heteroatoms. The number of carboxylic acid groups (broad SMARTS) is 1. The maximum Gasteiger partial charge on any atom is 0.407 e. The number of hydrogen-bond donors (Lipinski definition) is 1. The van der Waals surface area contributed by atoms with Crippen molar-refractivity contribution in [2.45, 2.75) is 33.0 Å². The number of carbonyl (C=O) groups is 1. The Morgan fingerprint density at radius 1 is 1.21 bits per heavy atom. The molecule has 1 aliphatic rings. The molecule has 0 aliphatic carbocycles. The number of fused-ring (bicyclic) bond motifs is 1. The predicted molar refractivity (Wildman–Crippen MR) is 150 cm³/mol. The summed E-state index contributed by atoms with van der Waals surface area (Å²) in [5.41, 5.74) is -0.830. The van der Waals surface area contributed by atoms with Gasteiger partial charge < -0.3 is 24.2 Å². The average molecular weight is 581 g/mol. The number of methoxy groups -OCH3 is 1. The van der Waals surface area contributed by atoms with Crippen molar-refractivity contribution in [3.05, 3.63) is 46.7 Å². The smallest absolute Gasteiger partial charge is 0.407 e. The van der Waals surface area contributed by atoms with E-state index in [2.05, 4.69) is 9.97 Å². The first-order valence-electron chi connectivity index (χ1n) is 12.4. The molecule has 1 amide bonds. The fourth-order valence-corrected chi connectivity index (χ4v) is 6.08. The monoisotopic (exact) mass is 580 g/mol. The number of nitrogens with zero attached hydrogens (tertiary/aromatic N) is 4. The molecule has 1 atom stereocenters. The van der Waals surface area contributed by atoms with Gasteiger partial charge in [-0.1, -0.05) is 38.4 Å². The van der Waals surface area contributed by atoms with E-state index < -0.39 is 30.3 Å². The van der Waals surface area contributed by atoms with Gasteiger partial charge in [-0.05, 0) is 36.9 Å². The fraction of sp³-hybridized carbons (Fsp3) is 0.444. The van der Waals surface area contributed by atoms with E-state index in [0.29, 0.717) is 24.3 Å². The van der Waals surface area contributed by atoms with Crippen LogP contribution in [0.25, 0.3) is 22.0 Å². The first-order chi connectivity index (χ1) is 18.1. The first kappa shape index (κ1) is 29.0. The van der Waals surface area contributed by atoms with Crippen molar-refractivity contribution in [2.24, 2.45) is 5.41 Å². The maximum atomic E-state index is 16.3. The van der Waals surface area contributed by atoms with E-state index in [0.717, 1.165) is 0 Å². The van der Waals surface area contributed by atoms with Crippen LogP contribution >= 0.6 is 18.7 Å². The highest BCUT2D eigenvalue weighted by atomic mass is 35.5. The molecule has 1 unspecified atom stereocenters. The normalized spacial score (nSPS) is 16.6. The van der Waals surface area contributed by atoms with Crippen molar-refractivity contribution < 1.29 is 28.0 Å². The van der Waals surface area contributed by atoms with Crippen LogP contribution in [0.2, 0.25) is 5.02 Å². The summed E-state index contributed by atoms with van der Waals surface area (Å²) < 4.78 is 49.3. The van der Waals surface area contributed by atoms with Crippen molar-refractivity contribution in [2.75, 3.05) is 45.0 Å². The van der Waals surface area contributed by atoms with Crippen molar-refractivity contribution in [3.8, 4) is 16.9 Å². The van der Waals surface area contributed by atoms with Gasteiger partial charge in [0.15, 0.2) is 5.82 Å². The number of hydrogen-bond acceptors (Lipinski definition) is 6. The molecule has 1 N–H and O–H groups in total. The van der Waals surface area contributed by atoms with Crippen LogP contribution in [0, 0.1) is 17.0 Å². The number of piperazine rings is 1. The van der Waals surface area contributed by atoms with Crippen molar-refractivity contribution in [3.63, 3.8) is 0 Å². The van der Waals surface area contributed by atoms with E-state index in [1.165, 1.54) is 36.3 Å². The van der Waals surface area contributed by atoms with E-state index >= 15 is 4.39 Å². The second kappa shape index (κ2) is 10.5. The van der Waals surface area contributed by atoms with Crippen molar-refractivity contribution in [1.82, 2.24) is 14.9 Å². The molecule has 39 heavy (non-hydrogen) atoms. The first-order valence-corrected chi connectivity index (χ1v) is 15.6. The van der Waals surface area contributed by atoms with Gasteiger partial charge in [0.25, 0.3) is 0 Å². The minimum atomic E-state index is -2.66. The summed E-state index contributed by atoms with van der Waals surface area (Å²) in [4.78, 5) is 24.4. The molecule has 1 fully saturated rings. The lowest BCUT2D eigenvalue weighted by Gasteiger charge is -2.46. The third-order valence-corrected chi connectivity index (χ3v) is 8.14. The van der Waals surface area contributed by atoms with Gasteiger partial charge in [0, 0.05) is 30.6 Å². The lowest BCUT2D eigenvalue weighted by atomic mass is 9.84. The summed E-state index contributed by atoms with van der Waals surface area (Å²) in [5.74, 6) is -0.936. The lowest BCUT2D eigenvalue weighted by Crippen LogP contribution is -2.59. The van der Waals surface area contributed by atoms with Crippen molar-refractivity contribution >= 4 is 41.6 Å². The van der Waals surface area contributed by atoms with E-state index in [4.69, 9.17) is 16.3 Å². The van der Waals surface area contributed by atoms with Gasteiger partial charge in [-0.3, -0.25) is 0 Å². The minimum absolute atomic E-state index is 0.0220. The number of rotatable bonds is 5. The Hall–Kier alpha value is -2.97. The van der Waals surface area contributed by atoms with Crippen LogP contribution in [0.3, 0.4) is 0 Å². The molecule has 3 aromatic rings. The average Bonchev–Trinajstić information content (AvgIpc) is 2.83. The molecule has 0 saturated carbocycles. The largest absolute Gasteiger partial charge is 0.496 e. The third-order valence-electron chi connectivity index (χ3n) is 6.80. The van der Waals surface area contributed by atoms with Crippen LogP contribution in [0.1, 0.15) is 26.6 Å². The summed E-state index contributed by atoms with van der Waals surface area (Å²) >= 11 is 6.60. The number of ether oxygens (including phenoxy) is 1. The van der Waals surface area contributed by atoms with Crippen LogP contribution in [-0.2, 0) is 10.7 Å². The van der Waals surface area contributed by atoms with E-state index in [1.54, 1.807) is 13.3 Å². The van der Waals surface area contributed by atoms with Gasteiger partial charge in [-0.2, -0.15) is 0 Å². The molecule has 2 heterocycles. The van der Waals surface area contributed by atoms with E-state index in [-0.39, 0.29) is 52.0 Å². The minimum Gasteiger partial charge on any atom is -0.496 e. The molecular weight excluding hydrogens is 549 g/mol. The number of amides is 1. The fourth-order valence-electron chi connectivity index (χ4n) is 4.97. The molecule has 0 radical (unpaired) electrons. The molecule has 210 valence electrons. The molecule has 1 aliphatic heterocycles. The van der Waals surface area contributed by atoms with Gasteiger partial charge >= 0.3 is 6.09 Å². The van der Waals surface area contributed by atoms with Crippen molar-refractivity contribution in [1.29, 1.82) is 0 Å². The zero-order valence-electron chi connectivity index (χ0n) is 22.8.